The Balaban J connectivity index is 2.76. The highest BCUT2D eigenvalue weighted by Crippen LogP contribution is 2.39. The van der Waals surface area contributed by atoms with Crippen LogP contribution in [0, 0.1) is 11.3 Å². The third-order valence-corrected chi connectivity index (χ3v) is 4.99. The second-order valence-corrected chi connectivity index (χ2v) is 9.29. The van der Waals surface area contributed by atoms with Gasteiger partial charge < -0.3 is 4.43 Å². The van der Waals surface area contributed by atoms with Crippen molar-refractivity contribution in [1.82, 2.24) is 0 Å². The molecule has 0 heterocycles. The van der Waals surface area contributed by atoms with Gasteiger partial charge in [0.25, 0.3) is 0 Å². The zero-order valence-electron chi connectivity index (χ0n) is 12.3. The van der Waals surface area contributed by atoms with Crippen molar-refractivity contribution in [1.29, 1.82) is 0 Å². The zero-order chi connectivity index (χ0) is 13.3. The highest BCUT2D eigenvalue weighted by molar-refractivity contribution is 6.48. The van der Waals surface area contributed by atoms with Crippen LogP contribution in [0.15, 0.2) is 0 Å². The van der Waals surface area contributed by atoms with E-state index >= 15 is 0 Å². The molecule has 100 valence electrons. The Morgan fingerprint density at radius 2 is 1.88 bits per heavy atom. The van der Waals surface area contributed by atoms with Gasteiger partial charge in [-0.25, -0.2) is 0 Å². The first-order valence-electron chi connectivity index (χ1n) is 6.86. The molecular formula is C14H28O2Si. The molecule has 1 fully saturated rings. The maximum Gasteiger partial charge on any atom is 0.172 e. The quantitative estimate of drug-likeness (QED) is 0.558. The number of Topliss-reactive ketones (excluding diaryl/α,β-unsaturated/α-hetero) is 1. The van der Waals surface area contributed by atoms with Gasteiger partial charge in [-0.05, 0) is 50.6 Å². The van der Waals surface area contributed by atoms with Crippen molar-refractivity contribution in [2.45, 2.75) is 72.1 Å². The van der Waals surface area contributed by atoms with Gasteiger partial charge in [-0.2, -0.15) is 0 Å². The van der Waals surface area contributed by atoms with E-state index < -0.39 is 14.6 Å². The summed E-state index contributed by atoms with van der Waals surface area (Å²) in [6.07, 6.45) is 3.74. The maximum absolute atomic E-state index is 12.2. The van der Waals surface area contributed by atoms with Crippen LogP contribution >= 0.6 is 0 Å². The minimum atomic E-state index is -1.15. The van der Waals surface area contributed by atoms with Crippen molar-refractivity contribution in [2.24, 2.45) is 11.3 Å². The minimum absolute atomic E-state index is 0.306. The molecule has 0 saturated heterocycles. The third kappa shape index (κ3) is 3.92. The fraction of sp³-hybridized carbons (Fsp3) is 0.929. The van der Waals surface area contributed by atoms with E-state index in [0.29, 0.717) is 23.5 Å². The van der Waals surface area contributed by atoms with E-state index in [1.165, 1.54) is 0 Å². The second-order valence-electron chi connectivity index (χ2n) is 6.96. The van der Waals surface area contributed by atoms with Crippen LogP contribution in [0.2, 0.25) is 13.1 Å². The molecule has 2 unspecified atom stereocenters. The van der Waals surface area contributed by atoms with Crippen molar-refractivity contribution in [3.8, 4) is 0 Å². The van der Waals surface area contributed by atoms with Gasteiger partial charge in [0.15, 0.2) is 14.8 Å². The number of carbonyl (C=O) groups is 1. The lowest BCUT2D eigenvalue weighted by Crippen LogP contribution is -2.40. The van der Waals surface area contributed by atoms with Gasteiger partial charge in [0, 0.05) is 6.42 Å². The topological polar surface area (TPSA) is 26.3 Å². The summed E-state index contributed by atoms with van der Waals surface area (Å²) in [5.74, 6) is 0.969. The first-order valence-corrected chi connectivity index (χ1v) is 9.64. The van der Waals surface area contributed by atoms with Crippen molar-refractivity contribution < 1.29 is 9.22 Å². The summed E-state index contributed by atoms with van der Waals surface area (Å²) >= 11 is 0. The van der Waals surface area contributed by atoms with Crippen molar-refractivity contribution in [2.75, 3.05) is 0 Å². The van der Waals surface area contributed by atoms with Crippen molar-refractivity contribution >= 4 is 14.8 Å². The van der Waals surface area contributed by atoms with E-state index in [1.807, 2.05) is 6.92 Å². The van der Waals surface area contributed by atoms with Gasteiger partial charge in [-0.1, -0.05) is 20.8 Å². The number of rotatable bonds is 2. The van der Waals surface area contributed by atoms with E-state index in [9.17, 15) is 4.79 Å². The Labute approximate surface area is 108 Å². The monoisotopic (exact) mass is 256 g/mol. The van der Waals surface area contributed by atoms with Crippen LogP contribution in [0.25, 0.3) is 0 Å². The molecule has 0 aromatic heterocycles. The van der Waals surface area contributed by atoms with Crippen LogP contribution in [-0.2, 0) is 9.22 Å². The van der Waals surface area contributed by atoms with Gasteiger partial charge in [0.1, 0.15) is 5.60 Å². The molecule has 1 aliphatic carbocycles. The summed E-state index contributed by atoms with van der Waals surface area (Å²) in [6, 6.07) is 0. The van der Waals surface area contributed by atoms with Gasteiger partial charge in [-0.15, -0.1) is 0 Å². The first-order chi connectivity index (χ1) is 7.65. The summed E-state index contributed by atoms with van der Waals surface area (Å²) in [4.78, 5) is 12.2. The number of ketones is 1. The van der Waals surface area contributed by atoms with Crippen LogP contribution in [0.1, 0.15) is 53.4 Å². The standard InChI is InChI=1S/C14H28O2Si/c1-13(2,3)11-7-8-12(15)14(4,10-9-11)16-17(5)6/h11,17H,7-10H2,1-6H3. The lowest BCUT2D eigenvalue weighted by Gasteiger charge is -2.32. The molecule has 0 N–H and O–H groups in total. The second kappa shape index (κ2) is 5.23. The molecule has 0 spiro atoms. The smallest absolute Gasteiger partial charge is 0.172 e. The van der Waals surface area contributed by atoms with Crippen LogP contribution in [-0.4, -0.2) is 20.4 Å². The fourth-order valence-electron chi connectivity index (χ4n) is 2.81. The predicted molar refractivity (Wildman–Crippen MR) is 74.8 cm³/mol. The average molecular weight is 256 g/mol. The Hall–Kier alpha value is -0.153. The van der Waals surface area contributed by atoms with Gasteiger partial charge in [0.05, 0.1) is 0 Å². The molecule has 2 nitrogen and oxygen atoms in total. The molecule has 1 rings (SSSR count). The Bertz CT molecular complexity index is 280. The van der Waals surface area contributed by atoms with E-state index in [2.05, 4.69) is 33.9 Å². The van der Waals surface area contributed by atoms with Crippen molar-refractivity contribution in [3.63, 3.8) is 0 Å². The molecule has 17 heavy (non-hydrogen) atoms. The number of hydrogen-bond donors (Lipinski definition) is 0. The minimum Gasteiger partial charge on any atom is -0.408 e. The maximum atomic E-state index is 12.2. The van der Waals surface area contributed by atoms with Gasteiger partial charge >= 0.3 is 0 Å². The average Bonchev–Trinajstić information content (AvgIpc) is 2.25. The molecule has 0 radical (unpaired) electrons. The zero-order valence-corrected chi connectivity index (χ0v) is 13.5. The SMILES string of the molecule is C[SiH](C)OC1(C)CCC(C(C)(C)C)CCC1=O. The molecule has 1 saturated carbocycles. The van der Waals surface area contributed by atoms with Gasteiger partial charge in [-0.3, -0.25) is 4.79 Å². The van der Waals surface area contributed by atoms with E-state index in [0.717, 1.165) is 19.3 Å². The highest BCUT2D eigenvalue weighted by Gasteiger charge is 2.39. The third-order valence-electron chi connectivity index (χ3n) is 4.00. The predicted octanol–water partition coefficient (Wildman–Crippen LogP) is 3.55. The van der Waals surface area contributed by atoms with Crippen LogP contribution < -0.4 is 0 Å². The normalized spacial score (nSPS) is 31.7. The highest BCUT2D eigenvalue weighted by atomic mass is 28.3. The molecule has 0 aliphatic heterocycles. The molecule has 0 aromatic rings. The molecule has 0 amide bonds. The summed E-state index contributed by atoms with van der Waals surface area (Å²) in [6.45, 7) is 13.1. The molecule has 1 aliphatic rings. The molecule has 0 aromatic carbocycles. The molecule has 3 heteroatoms. The molecule has 0 bridgehead atoms. The lowest BCUT2D eigenvalue weighted by atomic mass is 9.76. The van der Waals surface area contributed by atoms with Crippen LogP contribution in [0.5, 0.6) is 0 Å². The van der Waals surface area contributed by atoms with E-state index in [1.54, 1.807) is 0 Å². The number of carbonyl (C=O) groups excluding carboxylic acids is 1. The van der Waals surface area contributed by atoms with E-state index in [4.69, 9.17) is 4.43 Å². The Morgan fingerprint density at radius 1 is 1.29 bits per heavy atom. The Kier molecular flexibility index (Phi) is 4.58. The number of hydrogen-bond acceptors (Lipinski definition) is 2. The largest absolute Gasteiger partial charge is 0.408 e. The summed E-state index contributed by atoms with van der Waals surface area (Å²) < 4.78 is 6.02. The summed E-state index contributed by atoms with van der Waals surface area (Å²) in [7, 11) is -1.15. The summed E-state index contributed by atoms with van der Waals surface area (Å²) in [5, 5.41) is 0. The molecule has 2 atom stereocenters. The molecular weight excluding hydrogens is 228 g/mol. The van der Waals surface area contributed by atoms with Crippen LogP contribution in [0.4, 0.5) is 0 Å². The fourth-order valence-corrected chi connectivity index (χ4v) is 4.10. The summed E-state index contributed by atoms with van der Waals surface area (Å²) in [5.41, 5.74) is -0.179. The van der Waals surface area contributed by atoms with Crippen LogP contribution in [0.3, 0.4) is 0 Å². The van der Waals surface area contributed by atoms with E-state index in [-0.39, 0.29) is 0 Å². The van der Waals surface area contributed by atoms with Gasteiger partial charge in [0.2, 0.25) is 0 Å². The first kappa shape index (κ1) is 14.9. The Morgan fingerprint density at radius 3 is 2.35 bits per heavy atom. The van der Waals surface area contributed by atoms with Crippen molar-refractivity contribution in [3.05, 3.63) is 0 Å². The lowest BCUT2D eigenvalue weighted by molar-refractivity contribution is -0.133.